The molecule has 0 bridgehead atoms. The molecule has 0 radical (unpaired) electrons. The largest absolute Gasteiger partial charge is 0.433 e. The fourth-order valence-electron chi connectivity index (χ4n) is 4.01. The number of aryl methyl sites for hydroxylation is 1. The van der Waals surface area contributed by atoms with Crippen molar-refractivity contribution >= 4 is 16.7 Å². The Kier molecular flexibility index (Phi) is 6.33. The fraction of sp³-hybridized carbons (Fsp3) is 0.143. The first-order valence-electron chi connectivity index (χ1n) is 11.4. The number of hydrogen-bond donors (Lipinski definition) is 1. The van der Waals surface area contributed by atoms with E-state index in [1.807, 2.05) is 61.5 Å². The summed E-state index contributed by atoms with van der Waals surface area (Å²) in [5.74, 6) is 0.755. The molecule has 0 saturated carbocycles. The van der Waals surface area contributed by atoms with E-state index in [0.29, 0.717) is 17.7 Å². The summed E-state index contributed by atoms with van der Waals surface area (Å²) in [7, 11) is 0. The van der Waals surface area contributed by atoms with Crippen molar-refractivity contribution in [3.63, 3.8) is 0 Å². The van der Waals surface area contributed by atoms with Crippen LogP contribution in [0.15, 0.2) is 85.3 Å². The van der Waals surface area contributed by atoms with Crippen molar-refractivity contribution in [2.24, 2.45) is 0 Å². The lowest BCUT2D eigenvalue weighted by Gasteiger charge is -2.11. The number of rotatable bonds is 6. The molecule has 5 aromatic rings. The lowest BCUT2D eigenvalue weighted by molar-refractivity contribution is -0.141. The third-order valence-corrected chi connectivity index (χ3v) is 5.85. The molecule has 36 heavy (non-hydrogen) atoms. The molecule has 0 atom stereocenters. The van der Waals surface area contributed by atoms with E-state index in [1.54, 1.807) is 18.5 Å². The first kappa shape index (κ1) is 23.4. The Morgan fingerprint density at radius 2 is 1.50 bits per heavy atom. The molecule has 0 unspecified atom stereocenters. The van der Waals surface area contributed by atoms with Crippen LogP contribution >= 0.6 is 0 Å². The second kappa shape index (κ2) is 9.73. The van der Waals surface area contributed by atoms with Gasteiger partial charge in [-0.15, -0.1) is 0 Å². The molecule has 1 N–H and O–H groups in total. The molecule has 0 spiro atoms. The number of anilines is 1. The molecule has 4 aromatic heterocycles. The fourth-order valence-corrected chi connectivity index (χ4v) is 4.01. The standard InChI is InChI=1S/C28H22F3N5/c1-18-16-22(10-13-32-18)24-7-6-23-25(36-24)11-15-35-27(23)34-12-8-19-2-4-20(5-3-19)21-9-14-33-26(17-21)28(29,30)31/h2-7,9-11,13-17H,8,12H2,1H3,(H,34,35). The van der Waals surface area contributed by atoms with Crippen LogP contribution < -0.4 is 5.32 Å². The van der Waals surface area contributed by atoms with Crippen LogP contribution in [0.5, 0.6) is 0 Å². The maximum Gasteiger partial charge on any atom is 0.433 e. The Balaban J connectivity index is 1.26. The van der Waals surface area contributed by atoms with Crippen LogP contribution in [0.1, 0.15) is 17.0 Å². The van der Waals surface area contributed by atoms with Crippen molar-refractivity contribution in [3.05, 3.63) is 102 Å². The van der Waals surface area contributed by atoms with E-state index in [9.17, 15) is 13.2 Å². The Labute approximate surface area is 206 Å². The highest BCUT2D eigenvalue weighted by Gasteiger charge is 2.32. The maximum absolute atomic E-state index is 13.0. The summed E-state index contributed by atoms with van der Waals surface area (Å²) >= 11 is 0. The highest BCUT2D eigenvalue weighted by molar-refractivity contribution is 5.90. The van der Waals surface area contributed by atoms with Crippen molar-refractivity contribution in [2.75, 3.05) is 11.9 Å². The number of halogens is 3. The molecular formula is C28H22F3N5. The Hall–Kier alpha value is -4.33. The van der Waals surface area contributed by atoms with E-state index in [0.717, 1.165) is 51.7 Å². The zero-order chi connectivity index (χ0) is 25.1. The first-order valence-corrected chi connectivity index (χ1v) is 11.4. The molecule has 0 amide bonds. The minimum absolute atomic E-state index is 0.482. The van der Waals surface area contributed by atoms with E-state index in [1.165, 1.54) is 6.20 Å². The van der Waals surface area contributed by atoms with Gasteiger partial charge in [-0.25, -0.2) is 9.97 Å². The second-order valence-electron chi connectivity index (χ2n) is 8.41. The molecule has 180 valence electrons. The van der Waals surface area contributed by atoms with E-state index in [-0.39, 0.29) is 0 Å². The predicted molar refractivity (Wildman–Crippen MR) is 134 cm³/mol. The summed E-state index contributed by atoms with van der Waals surface area (Å²) < 4.78 is 38.9. The van der Waals surface area contributed by atoms with Crippen LogP contribution in [0, 0.1) is 6.92 Å². The average molecular weight is 486 g/mol. The maximum atomic E-state index is 13.0. The van der Waals surface area contributed by atoms with Gasteiger partial charge < -0.3 is 5.32 Å². The van der Waals surface area contributed by atoms with Gasteiger partial charge >= 0.3 is 6.18 Å². The van der Waals surface area contributed by atoms with Crippen molar-refractivity contribution in [2.45, 2.75) is 19.5 Å². The molecule has 0 fully saturated rings. The summed E-state index contributed by atoms with van der Waals surface area (Å²) in [6, 6.07) is 20.0. The molecule has 8 heteroatoms. The van der Waals surface area contributed by atoms with Gasteiger partial charge in [-0.05, 0) is 72.5 Å². The lowest BCUT2D eigenvalue weighted by Crippen LogP contribution is -2.07. The SMILES string of the molecule is Cc1cc(-c2ccc3c(NCCc4ccc(-c5ccnc(C(F)(F)F)c5)cc4)nccc3n2)ccn1. The van der Waals surface area contributed by atoms with Crippen LogP contribution in [-0.4, -0.2) is 26.5 Å². The van der Waals surface area contributed by atoms with Gasteiger partial charge in [0.15, 0.2) is 0 Å². The van der Waals surface area contributed by atoms with E-state index < -0.39 is 11.9 Å². The molecule has 0 aliphatic carbocycles. The smallest absolute Gasteiger partial charge is 0.369 e. The summed E-state index contributed by atoms with van der Waals surface area (Å²) in [5.41, 5.74) is 5.03. The molecule has 0 saturated heterocycles. The molecule has 5 nitrogen and oxygen atoms in total. The van der Waals surface area contributed by atoms with Crippen molar-refractivity contribution < 1.29 is 13.2 Å². The molecule has 1 aromatic carbocycles. The average Bonchev–Trinajstić information content (AvgIpc) is 2.88. The summed E-state index contributed by atoms with van der Waals surface area (Å²) in [4.78, 5) is 16.9. The van der Waals surface area contributed by atoms with E-state index >= 15 is 0 Å². The highest BCUT2D eigenvalue weighted by atomic mass is 19.4. The lowest BCUT2D eigenvalue weighted by atomic mass is 10.0. The number of aromatic nitrogens is 4. The molecule has 5 rings (SSSR count). The molecule has 0 aliphatic heterocycles. The van der Waals surface area contributed by atoms with E-state index in [4.69, 9.17) is 4.98 Å². The summed E-state index contributed by atoms with van der Waals surface area (Å²) in [6.45, 7) is 2.59. The van der Waals surface area contributed by atoms with Crippen molar-refractivity contribution in [1.82, 2.24) is 19.9 Å². The molecular weight excluding hydrogens is 463 g/mol. The summed E-state index contributed by atoms with van der Waals surface area (Å²) in [6.07, 6.45) is 0.956. The number of fused-ring (bicyclic) bond motifs is 1. The second-order valence-corrected chi connectivity index (χ2v) is 8.41. The zero-order valence-electron chi connectivity index (χ0n) is 19.4. The topological polar surface area (TPSA) is 63.6 Å². The minimum atomic E-state index is -4.47. The number of pyridine rings is 4. The van der Waals surface area contributed by atoms with Crippen LogP contribution in [0.3, 0.4) is 0 Å². The van der Waals surface area contributed by atoms with E-state index in [2.05, 4.69) is 20.3 Å². The molecule has 0 aliphatic rings. The number of alkyl halides is 3. The van der Waals surface area contributed by atoms with Gasteiger partial charge in [-0.1, -0.05) is 24.3 Å². The number of nitrogens with one attached hydrogen (secondary N) is 1. The van der Waals surface area contributed by atoms with Crippen LogP contribution in [-0.2, 0) is 12.6 Å². The van der Waals surface area contributed by atoms with Gasteiger partial charge in [0, 0.05) is 41.8 Å². The van der Waals surface area contributed by atoms with Crippen LogP contribution in [0.2, 0.25) is 0 Å². The highest BCUT2D eigenvalue weighted by Crippen LogP contribution is 2.30. The Morgan fingerprint density at radius 1 is 0.750 bits per heavy atom. The van der Waals surface area contributed by atoms with Gasteiger partial charge in [-0.2, -0.15) is 13.2 Å². The summed E-state index contributed by atoms with van der Waals surface area (Å²) in [5, 5.41) is 4.31. The number of nitrogens with zero attached hydrogens (tertiary/aromatic N) is 4. The van der Waals surface area contributed by atoms with Gasteiger partial charge in [0.25, 0.3) is 0 Å². The zero-order valence-corrected chi connectivity index (χ0v) is 19.4. The van der Waals surface area contributed by atoms with Gasteiger partial charge in [-0.3, -0.25) is 9.97 Å². The minimum Gasteiger partial charge on any atom is -0.369 e. The normalized spacial score (nSPS) is 11.6. The van der Waals surface area contributed by atoms with Gasteiger partial charge in [0.05, 0.1) is 11.2 Å². The van der Waals surface area contributed by atoms with Crippen molar-refractivity contribution in [3.8, 4) is 22.4 Å². The monoisotopic (exact) mass is 485 g/mol. The first-order chi connectivity index (χ1) is 17.4. The third-order valence-electron chi connectivity index (χ3n) is 5.85. The number of benzene rings is 1. The Morgan fingerprint density at radius 3 is 2.28 bits per heavy atom. The number of hydrogen-bond acceptors (Lipinski definition) is 5. The van der Waals surface area contributed by atoms with Crippen LogP contribution in [0.25, 0.3) is 33.3 Å². The Bertz CT molecular complexity index is 1510. The quantitative estimate of drug-likeness (QED) is 0.289. The predicted octanol–water partition coefficient (Wildman–Crippen LogP) is 6.74. The van der Waals surface area contributed by atoms with Gasteiger partial charge in [0.1, 0.15) is 11.5 Å². The van der Waals surface area contributed by atoms with Gasteiger partial charge in [0.2, 0.25) is 0 Å². The van der Waals surface area contributed by atoms with Crippen LogP contribution in [0.4, 0.5) is 19.0 Å². The molecule has 4 heterocycles. The van der Waals surface area contributed by atoms with Crippen molar-refractivity contribution in [1.29, 1.82) is 0 Å². The third kappa shape index (κ3) is 5.17.